The van der Waals surface area contributed by atoms with Gasteiger partial charge in [-0.15, -0.1) is 0 Å². The molecule has 0 spiro atoms. The van der Waals surface area contributed by atoms with Crippen molar-refractivity contribution in [2.75, 3.05) is 20.6 Å². The number of nitrogens with one attached hydrogen (secondary N) is 1. The first-order valence-electron chi connectivity index (χ1n) is 7.40. The molecule has 1 saturated carbocycles. The molecular weight excluding hydrogens is 208 g/mol. The fourth-order valence-corrected chi connectivity index (χ4v) is 2.96. The molecule has 0 heterocycles. The van der Waals surface area contributed by atoms with Gasteiger partial charge in [-0.3, -0.25) is 0 Å². The third kappa shape index (κ3) is 4.26. The summed E-state index contributed by atoms with van der Waals surface area (Å²) in [5, 5.41) is 3.61. The van der Waals surface area contributed by atoms with E-state index < -0.39 is 0 Å². The van der Waals surface area contributed by atoms with Gasteiger partial charge >= 0.3 is 0 Å². The van der Waals surface area contributed by atoms with Crippen molar-refractivity contribution < 1.29 is 0 Å². The molecule has 1 rings (SSSR count). The second kappa shape index (κ2) is 6.75. The van der Waals surface area contributed by atoms with Crippen LogP contribution in [0.2, 0.25) is 0 Å². The molecule has 0 aliphatic heterocycles. The van der Waals surface area contributed by atoms with Gasteiger partial charge in [0.25, 0.3) is 0 Å². The quantitative estimate of drug-likeness (QED) is 0.766. The topological polar surface area (TPSA) is 15.3 Å². The van der Waals surface area contributed by atoms with E-state index in [1.54, 1.807) is 0 Å². The number of nitrogens with zero attached hydrogens (tertiary/aromatic N) is 1. The first-order valence-corrected chi connectivity index (χ1v) is 7.40. The molecule has 102 valence electrons. The molecule has 0 aromatic rings. The van der Waals surface area contributed by atoms with Gasteiger partial charge in [0.2, 0.25) is 0 Å². The van der Waals surface area contributed by atoms with Crippen LogP contribution in [0.25, 0.3) is 0 Å². The van der Waals surface area contributed by atoms with Gasteiger partial charge in [0.15, 0.2) is 0 Å². The highest BCUT2D eigenvalue weighted by Crippen LogP contribution is 2.31. The van der Waals surface area contributed by atoms with Gasteiger partial charge in [-0.25, -0.2) is 0 Å². The number of hydrogen-bond donors (Lipinski definition) is 1. The number of hydrogen-bond acceptors (Lipinski definition) is 2. The van der Waals surface area contributed by atoms with Gasteiger partial charge < -0.3 is 10.2 Å². The molecule has 1 atom stereocenters. The van der Waals surface area contributed by atoms with Gasteiger partial charge in [0.05, 0.1) is 0 Å². The van der Waals surface area contributed by atoms with Gasteiger partial charge in [0, 0.05) is 11.6 Å². The minimum Gasteiger partial charge on any atom is -0.314 e. The third-order valence-corrected chi connectivity index (χ3v) is 4.94. The molecule has 1 aliphatic rings. The van der Waals surface area contributed by atoms with Crippen LogP contribution in [-0.4, -0.2) is 37.1 Å². The third-order valence-electron chi connectivity index (χ3n) is 4.94. The second-order valence-electron chi connectivity index (χ2n) is 6.31. The molecule has 0 radical (unpaired) electrons. The Balaban J connectivity index is 2.41. The molecule has 1 N–H and O–H groups in total. The van der Waals surface area contributed by atoms with Crippen LogP contribution in [0.3, 0.4) is 0 Å². The summed E-state index contributed by atoms with van der Waals surface area (Å²) >= 11 is 0. The predicted octanol–water partition coefficient (Wildman–Crippen LogP) is 3.28. The van der Waals surface area contributed by atoms with Crippen LogP contribution in [0.1, 0.15) is 59.3 Å². The van der Waals surface area contributed by atoms with E-state index in [0.717, 1.165) is 5.92 Å². The maximum atomic E-state index is 3.61. The molecule has 1 unspecified atom stereocenters. The van der Waals surface area contributed by atoms with E-state index in [1.807, 2.05) is 0 Å². The molecule has 0 aromatic carbocycles. The first-order chi connectivity index (χ1) is 8.01. The molecule has 0 bridgehead atoms. The number of rotatable bonds is 6. The Bertz CT molecular complexity index is 207. The predicted molar refractivity (Wildman–Crippen MR) is 76.4 cm³/mol. The Morgan fingerprint density at radius 1 is 1.12 bits per heavy atom. The lowest BCUT2D eigenvalue weighted by Gasteiger charge is -2.39. The summed E-state index contributed by atoms with van der Waals surface area (Å²) in [6.45, 7) is 8.20. The minimum absolute atomic E-state index is 0.434. The molecule has 2 heteroatoms. The summed E-state index contributed by atoms with van der Waals surface area (Å²) in [5.74, 6) is 0.747. The second-order valence-corrected chi connectivity index (χ2v) is 6.31. The highest BCUT2D eigenvalue weighted by Gasteiger charge is 2.30. The van der Waals surface area contributed by atoms with Crippen molar-refractivity contribution in [2.45, 2.75) is 70.9 Å². The Labute approximate surface area is 108 Å². The van der Waals surface area contributed by atoms with Gasteiger partial charge in [-0.05, 0) is 52.7 Å². The van der Waals surface area contributed by atoms with Gasteiger partial charge in [-0.2, -0.15) is 0 Å². The summed E-state index contributed by atoms with van der Waals surface area (Å²) in [4.78, 5) is 2.53. The summed E-state index contributed by atoms with van der Waals surface area (Å²) < 4.78 is 0. The first kappa shape index (κ1) is 15.0. The fraction of sp³-hybridized carbons (Fsp3) is 1.00. The van der Waals surface area contributed by atoms with Crippen molar-refractivity contribution in [3.8, 4) is 0 Å². The van der Waals surface area contributed by atoms with Gasteiger partial charge in [0.1, 0.15) is 0 Å². The fourth-order valence-electron chi connectivity index (χ4n) is 2.96. The Kier molecular flexibility index (Phi) is 5.94. The van der Waals surface area contributed by atoms with Crippen LogP contribution < -0.4 is 5.32 Å². The maximum absolute atomic E-state index is 3.61. The van der Waals surface area contributed by atoms with Crippen molar-refractivity contribution in [1.82, 2.24) is 10.2 Å². The van der Waals surface area contributed by atoms with E-state index in [9.17, 15) is 0 Å². The highest BCUT2D eigenvalue weighted by atomic mass is 15.1. The van der Waals surface area contributed by atoms with E-state index in [2.05, 4.69) is 45.1 Å². The van der Waals surface area contributed by atoms with Crippen LogP contribution in [0.15, 0.2) is 0 Å². The lowest BCUT2D eigenvalue weighted by Crippen LogP contribution is -2.47. The van der Waals surface area contributed by atoms with Crippen molar-refractivity contribution >= 4 is 0 Å². The molecule has 2 nitrogen and oxygen atoms in total. The van der Waals surface area contributed by atoms with Crippen LogP contribution in [0.5, 0.6) is 0 Å². The molecule has 0 saturated heterocycles. The zero-order valence-corrected chi connectivity index (χ0v) is 12.6. The molecule has 0 amide bonds. The monoisotopic (exact) mass is 240 g/mol. The van der Waals surface area contributed by atoms with Crippen LogP contribution in [0.4, 0.5) is 0 Å². The standard InChI is InChI=1S/C15H32N2/c1-13(2)14(3)17(5)12-11-15(16-4)9-7-6-8-10-15/h13-14,16H,6-12H2,1-5H3. The minimum atomic E-state index is 0.434. The molecule has 1 fully saturated rings. The van der Waals surface area contributed by atoms with E-state index in [4.69, 9.17) is 0 Å². The summed E-state index contributed by atoms with van der Waals surface area (Å²) in [7, 11) is 4.42. The lowest BCUT2D eigenvalue weighted by molar-refractivity contribution is 0.157. The lowest BCUT2D eigenvalue weighted by atomic mass is 9.79. The molecule has 1 aliphatic carbocycles. The van der Waals surface area contributed by atoms with Crippen LogP contribution in [-0.2, 0) is 0 Å². The Hall–Kier alpha value is -0.0800. The van der Waals surface area contributed by atoms with Crippen molar-refractivity contribution in [1.29, 1.82) is 0 Å². The molecular formula is C15H32N2. The summed E-state index contributed by atoms with van der Waals surface area (Å²) in [6.07, 6.45) is 8.29. The van der Waals surface area contributed by atoms with E-state index in [-0.39, 0.29) is 0 Å². The van der Waals surface area contributed by atoms with E-state index in [1.165, 1.54) is 45.1 Å². The van der Waals surface area contributed by atoms with Crippen molar-refractivity contribution in [3.63, 3.8) is 0 Å². The van der Waals surface area contributed by atoms with E-state index in [0.29, 0.717) is 11.6 Å². The van der Waals surface area contributed by atoms with Crippen molar-refractivity contribution in [2.24, 2.45) is 5.92 Å². The highest BCUT2D eigenvalue weighted by molar-refractivity contribution is 4.90. The van der Waals surface area contributed by atoms with Crippen molar-refractivity contribution in [3.05, 3.63) is 0 Å². The zero-order chi connectivity index (χ0) is 12.9. The molecule has 17 heavy (non-hydrogen) atoms. The van der Waals surface area contributed by atoms with Crippen LogP contribution >= 0.6 is 0 Å². The average Bonchev–Trinajstić information content (AvgIpc) is 2.36. The normalized spacial score (nSPS) is 22.1. The Morgan fingerprint density at radius 3 is 2.18 bits per heavy atom. The molecule has 0 aromatic heterocycles. The SMILES string of the molecule is CNC1(CCN(C)C(C)C(C)C)CCCCC1. The summed E-state index contributed by atoms with van der Waals surface area (Å²) in [5.41, 5.74) is 0.434. The zero-order valence-electron chi connectivity index (χ0n) is 12.6. The van der Waals surface area contributed by atoms with Gasteiger partial charge in [-0.1, -0.05) is 33.1 Å². The van der Waals surface area contributed by atoms with E-state index >= 15 is 0 Å². The maximum Gasteiger partial charge on any atom is 0.0190 e. The smallest absolute Gasteiger partial charge is 0.0190 e. The average molecular weight is 240 g/mol. The summed E-state index contributed by atoms with van der Waals surface area (Å²) in [6, 6.07) is 0.687. The Morgan fingerprint density at radius 2 is 1.71 bits per heavy atom. The van der Waals surface area contributed by atoms with Crippen LogP contribution in [0, 0.1) is 5.92 Å². The largest absolute Gasteiger partial charge is 0.314 e.